The first-order valence-electron chi connectivity index (χ1n) is 7.77. The van der Waals surface area contributed by atoms with Gasteiger partial charge in [0.1, 0.15) is 11.5 Å². The van der Waals surface area contributed by atoms with Gasteiger partial charge in [0, 0.05) is 18.7 Å². The maximum atomic E-state index is 11.9. The number of esters is 1. The van der Waals surface area contributed by atoms with Crippen LogP contribution in [0, 0.1) is 5.92 Å². The van der Waals surface area contributed by atoms with Gasteiger partial charge in [-0.05, 0) is 44.5 Å². The molecular formula is C17H25NO4. The number of carbonyl (C=O) groups excluding carboxylic acids is 1. The molecule has 5 nitrogen and oxygen atoms in total. The molecule has 22 heavy (non-hydrogen) atoms. The summed E-state index contributed by atoms with van der Waals surface area (Å²) in [6.45, 7) is 4.75. The molecule has 0 bridgehead atoms. The topological polar surface area (TPSA) is 48.0 Å². The fourth-order valence-corrected chi connectivity index (χ4v) is 2.90. The lowest BCUT2D eigenvalue weighted by molar-refractivity contribution is -0.150. The first kappa shape index (κ1) is 16.6. The van der Waals surface area contributed by atoms with Gasteiger partial charge in [-0.15, -0.1) is 0 Å². The van der Waals surface area contributed by atoms with Gasteiger partial charge in [-0.3, -0.25) is 9.69 Å². The predicted octanol–water partition coefficient (Wildman–Crippen LogP) is 2.48. The van der Waals surface area contributed by atoms with Gasteiger partial charge in [-0.2, -0.15) is 0 Å². The summed E-state index contributed by atoms with van der Waals surface area (Å²) in [5.74, 6) is 1.56. The number of nitrogens with zero attached hydrogens (tertiary/aromatic N) is 1. The zero-order chi connectivity index (χ0) is 15.9. The first-order chi connectivity index (χ1) is 10.7. The summed E-state index contributed by atoms with van der Waals surface area (Å²) >= 11 is 0. The molecule has 0 radical (unpaired) electrons. The Morgan fingerprint density at radius 3 is 2.82 bits per heavy atom. The maximum absolute atomic E-state index is 11.9. The summed E-state index contributed by atoms with van der Waals surface area (Å²) in [6, 6.07) is 5.80. The highest BCUT2D eigenvalue weighted by Crippen LogP contribution is 2.27. The van der Waals surface area contributed by atoms with E-state index in [1.54, 1.807) is 14.2 Å². The predicted molar refractivity (Wildman–Crippen MR) is 84.2 cm³/mol. The molecule has 122 valence electrons. The Kier molecular flexibility index (Phi) is 6.07. The normalized spacial score (nSPS) is 18.8. The van der Waals surface area contributed by atoms with Gasteiger partial charge in [0.2, 0.25) is 0 Å². The van der Waals surface area contributed by atoms with E-state index in [1.165, 1.54) is 0 Å². The number of rotatable bonds is 6. The number of carbonyl (C=O) groups is 1. The standard InChI is InChI=1S/C17H25NO4/c1-4-22-17(19)13-6-5-9-18(11-13)12-14-10-15(20-2)7-8-16(14)21-3/h7-8,10,13H,4-6,9,11-12H2,1-3H3/t13-/m1/s1. The van der Waals surface area contributed by atoms with Gasteiger partial charge in [0.05, 0.1) is 26.7 Å². The van der Waals surface area contributed by atoms with Crippen molar-refractivity contribution in [3.05, 3.63) is 23.8 Å². The fourth-order valence-electron chi connectivity index (χ4n) is 2.90. The minimum atomic E-state index is -0.0789. The van der Waals surface area contributed by atoms with E-state index in [0.29, 0.717) is 6.61 Å². The van der Waals surface area contributed by atoms with Gasteiger partial charge in [-0.25, -0.2) is 0 Å². The molecule has 0 amide bonds. The van der Waals surface area contributed by atoms with Crippen LogP contribution < -0.4 is 9.47 Å². The Bertz CT molecular complexity index is 503. The zero-order valence-electron chi connectivity index (χ0n) is 13.6. The van der Waals surface area contributed by atoms with Crippen molar-refractivity contribution < 1.29 is 19.0 Å². The van der Waals surface area contributed by atoms with Crippen molar-refractivity contribution in [2.45, 2.75) is 26.3 Å². The fraction of sp³-hybridized carbons (Fsp3) is 0.588. The van der Waals surface area contributed by atoms with Gasteiger partial charge in [0.15, 0.2) is 0 Å². The largest absolute Gasteiger partial charge is 0.497 e. The molecule has 1 fully saturated rings. The van der Waals surface area contributed by atoms with Crippen LogP contribution in [0.15, 0.2) is 18.2 Å². The van der Waals surface area contributed by atoms with Gasteiger partial charge in [-0.1, -0.05) is 0 Å². The molecule has 1 saturated heterocycles. The molecule has 5 heteroatoms. The molecule has 0 aromatic heterocycles. The Morgan fingerprint density at radius 2 is 2.14 bits per heavy atom. The number of hydrogen-bond donors (Lipinski definition) is 0. The highest BCUT2D eigenvalue weighted by atomic mass is 16.5. The summed E-state index contributed by atoms with van der Waals surface area (Å²) in [6.07, 6.45) is 1.92. The molecule has 0 N–H and O–H groups in total. The summed E-state index contributed by atoms with van der Waals surface area (Å²) in [5.41, 5.74) is 1.08. The number of piperidine rings is 1. The monoisotopic (exact) mass is 307 g/mol. The minimum Gasteiger partial charge on any atom is -0.497 e. The second-order valence-corrected chi connectivity index (χ2v) is 5.50. The molecular weight excluding hydrogens is 282 g/mol. The van der Waals surface area contributed by atoms with E-state index in [1.807, 2.05) is 25.1 Å². The highest BCUT2D eigenvalue weighted by molar-refractivity contribution is 5.72. The van der Waals surface area contributed by atoms with Crippen molar-refractivity contribution in [3.8, 4) is 11.5 Å². The van der Waals surface area contributed by atoms with Crippen molar-refractivity contribution in [1.82, 2.24) is 4.90 Å². The van der Waals surface area contributed by atoms with E-state index in [0.717, 1.165) is 49.5 Å². The van der Waals surface area contributed by atoms with Crippen LogP contribution in [0.2, 0.25) is 0 Å². The molecule has 1 aliphatic rings. The molecule has 2 rings (SSSR count). The second kappa shape index (κ2) is 8.03. The third-order valence-corrected chi connectivity index (χ3v) is 4.01. The van der Waals surface area contributed by atoms with Crippen LogP contribution >= 0.6 is 0 Å². The van der Waals surface area contributed by atoms with E-state index in [-0.39, 0.29) is 11.9 Å². The number of methoxy groups -OCH3 is 2. The highest BCUT2D eigenvalue weighted by Gasteiger charge is 2.27. The number of benzene rings is 1. The number of ether oxygens (including phenoxy) is 3. The van der Waals surface area contributed by atoms with Crippen LogP contribution in [0.5, 0.6) is 11.5 Å². The van der Waals surface area contributed by atoms with Crippen molar-refractivity contribution >= 4 is 5.97 Å². The molecule has 0 aliphatic carbocycles. The second-order valence-electron chi connectivity index (χ2n) is 5.50. The lowest BCUT2D eigenvalue weighted by Gasteiger charge is -2.31. The van der Waals surface area contributed by atoms with Crippen molar-refractivity contribution in [3.63, 3.8) is 0 Å². The van der Waals surface area contributed by atoms with Crippen molar-refractivity contribution in [2.75, 3.05) is 33.9 Å². The summed E-state index contributed by atoms with van der Waals surface area (Å²) in [4.78, 5) is 14.2. The van der Waals surface area contributed by atoms with Gasteiger partial charge >= 0.3 is 5.97 Å². The van der Waals surface area contributed by atoms with Crippen LogP contribution in [0.3, 0.4) is 0 Å². The third-order valence-electron chi connectivity index (χ3n) is 4.01. The van der Waals surface area contributed by atoms with Crippen molar-refractivity contribution in [2.24, 2.45) is 5.92 Å². The molecule has 1 atom stereocenters. The smallest absolute Gasteiger partial charge is 0.310 e. The molecule has 1 aliphatic heterocycles. The zero-order valence-corrected chi connectivity index (χ0v) is 13.6. The molecule has 0 spiro atoms. The lowest BCUT2D eigenvalue weighted by Crippen LogP contribution is -2.39. The average molecular weight is 307 g/mol. The summed E-state index contributed by atoms with van der Waals surface area (Å²) in [5, 5.41) is 0. The SMILES string of the molecule is CCOC(=O)[C@@H]1CCCN(Cc2cc(OC)ccc2OC)C1. The molecule has 0 saturated carbocycles. The Morgan fingerprint density at radius 1 is 1.32 bits per heavy atom. The molecule has 1 heterocycles. The lowest BCUT2D eigenvalue weighted by atomic mass is 9.97. The van der Waals surface area contributed by atoms with Gasteiger partial charge < -0.3 is 14.2 Å². The number of likely N-dealkylation sites (tertiary alicyclic amines) is 1. The quantitative estimate of drug-likeness (QED) is 0.756. The molecule has 1 aromatic carbocycles. The van der Waals surface area contributed by atoms with E-state index in [2.05, 4.69) is 4.90 Å². The Balaban J connectivity index is 2.05. The molecule has 0 unspecified atom stereocenters. The average Bonchev–Trinajstić information content (AvgIpc) is 2.55. The van der Waals surface area contributed by atoms with Crippen LogP contribution in [0.1, 0.15) is 25.3 Å². The first-order valence-corrected chi connectivity index (χ1v) is 7.77. The Hall–Kier alpha value is -1.75. The summed E-state index contributed by atoms with van der Waals surface area (Å²) < 4.78 is 15.9. The van der Waals surface area contributed by atoms with Crippen LogP contribution in [0.4, 0.5) is 0 Å². The minimum absolute atomic E-state index is 0.0229. The van der Waals surface area contributed by atoms with E-state index in [9.17, 15) is 4.79 Å². The van der Waals surface area contributed by atoms with Gasteiger partial charge in [0.25, 0.3) is 0 Å². The van der Waals surface area contributed by atoms with E-state index in [4.69, 9.17) is 14.2 Å². The molecule has 1 aromatic rings. The van der Waals surface area contributed by atoms with Crippen LogP contribution in [-0.4, -0.2) is 44.8 Å². The number of hydrogen-bond acceptors (Lipinski definition) is 5. The maximum Gasteiger partial charge on any atom is 0.310 e. The van der Waals surface area contributed by atoms with Crippen molar-refractivity contribution in [1.29, 1.82) is 0 Å². The van der Waals surface area contributed by atoms with Crippen LogP contribution in [0.25, 0.3) is 0 Å². The summed E-state index contributed by atoms with van der Waals surface area (Å²) in [7, 11) is 3.33. The van der Waals surface area contributed by atoms with Crippen LogP contribution in [-0.2, 0) is 16.1 Å². The third kappa shape index (κ3) is 4.13. The Labute approximate surface area is 132 Å². The van der Waals surface area contributed by atoms with E-state index < -0.39 is 0 Å². The van der Waals surface area contributed by atoms with E-state index >= 15 is 0 Å².